The Kier molecular flexibility index (Phi) is 6.44. The Morgan fingerprint density at radius 1 is 1.14 bits per heavy atom. The van der Waals surface area contributed by atoms with E-state index in [0.29, 0.717) is 23.7 Å². The zero-order valence-corrected chi connectivity index (χ0v) is 16.9. The van der Waals surface area contributed by atoms with Crippen LogP contribution in [0.4, 0.5) is 11.5 Å². The molecule has 1 aromatic carbocycles. The van der Waals surface area contributed by atoms with Gasteiger partial charge in [-0.25, -0.2) is 4.98 Å². The normalized spacial score (nSPS) is 10.6. The number of rotatable bonds is 8. The lowest BCUT2D eigenvalue weighted by Crippen LogP contribution is -2.00. The summed E-state index contributed by atoms with van der Waals surface area (Å²) in [6.07, 6.45) is 3.16. The summed E-state index contributed by atoms with van der Waals surface area (Å²) in [5, 5.41) is 12.2. The molecule has 0 atom stereocenters. The number of carboxylic acids is 1. The SMILES string of the molecule is CCc1ccc(Oc2ccnc(Nc3cc(C)cc(CCC(=O)O)c3)c2)c(C)n1. The number of benzene rings is 1. The van der Waals surface area contributed by atoms with E-state index in [1.165, 1.54) is 0 Å². The molecule has 0 spiro atoms. The molecule has 0 fully saturated rings. The smallest absolute Gasteiger partial charge is 0.303 e. The average Bonchev–Trinajstić information content (AvgIpc) is 2.68. The Labute approximate surface area is 170 Å². The van der Waals surface area contributed by atoms with Gasteiger partial charge in [-0.2, -0.15) is 0 Å². The van der Waals surface area contributed by atoms with Crippen LogP contribution < -0.4 is 10.1 Å². The van der Waals surface area contributed by atoms with Gasteiger partial charge in [0.05, 0.1) is 5.69 Å². The van der Waals surface area contributed by atoms with Crippen LogP contribution >= 0.6 is 0 Å². The predicted octanol–water partition coefficient (Wildman–Crippen LogP) is 5.21. The minimum absolute atomic E-state index is 0.106. The lowest BCUT2D eigenvalue weighted by Gasteiger charge is -2.12. The maximum absolute atomic E-state index is 10.8. The van der Waals surface area contributed by atoms with E-state index >= 15 is 0 Å². The molecule has 3 rings (SSSR count). The molecule has 0 aliphatic rings. The second kappa shape index (κ2) is 9.19. The van der Waals surface area contributed by atoms with Crippen LogP contribution in [0.1, 0.15) is 35.9 Å². The molecule has 0 unspecified atom stereocenters. The van der Waals surface area contributed by atoms with Crippen LogP contribution in [0.15, 0.2) is 48.7 Å². The van der Waals surface area contributed by atoms with E-state index in [2.05, 4.69) is 22.2 Å². The summed E-state index contributed by atoms with van der Waals surface area (Å²) in [6, 6.07) is 13.5. The Hall–Kier alpha value is -3.41. The van der Waals surface area contributed by atoms with Gasteiger partial charge in [0, 0.05) is 30.1 Å². The van der Waals surface area contributed by atoms with Crippen molar-refractivity contribution in [2.24, 2.45) is 0 Å². The number of hydrogen-bond acceptors (Lipinski definition) is 5. The molecule has 0 amide bonds. The second-order valence-corrected chi connectivity index (χ2v) is 6.94. The lowest BCUT2D eigenvalue weighted by molar-refractivity contribution is -0.136. The zero-order chi connectivity index (χ0) is 20.8. The van der Waals surface area contributed by atoms with Gasteiger partial charge in [-0.1, -0.05) is 13.0 Å². The van der Waals surface area contributed by atoms with E-state index in [4.69, 9.17) is 9.84 Å². The molecule has 2 heterocycles. The summed E-state index contributed by atoms with van der Waals surface area (Å²) < 4.78 is 5.99. The fraction of sp³-hybridized carbons (Fsp3) is 0.261. The zero-order valence-electron chi connectivity index (χ0n) is 16.9. The summed E-state index contributed by atoms with van der Waals surface area (Å²) in [5.41, 5.74) is 4.77. The fourth-order valence-corrected chi connectivity index (χ4v) is 3.05. The minimum atomic E-state index is -0.802. The fourth-order valence-electron chi connectivity index (χ4n) is 3.05. The number of aromatic nitrogens is 2. The maximum Gasteiger partial charge on any atom is 0.303 e. The van der Waals surface area contributed by atoms with Crippen LogP contribution in [-0.4, -0.2) is 21.0 Å². The number of aryl methyl sites for hydroxylation is 4. The summed E-state index contributed by atoms with van der Waals surface area (Å²) in [4.78, 5) is 19.7. The van der Waals surface area contributed by atoms with Crippen molar-refractivity contribution in [3.05, 3.63) is 71.2 Å². The molecule has 0 aliphatic carbocycles. The third-order valence-corrected chi connectivity index (χ3v) is 4.45. The molecule has 6 heteroatoms. The van der Waals surface area contributed by atoms with Gasteiger partial charge in [-0.05, 0) is 68.1 Å². The first-order valence-corrected chi connectivity index (χ1v) is 9.62. The van der Waals surface area contributed by atoms with Crippen molar-refractivity contribution in [2.45, 2.75) is 40.0 Å². The van der Waals surface area contributed by atoms with Crippen molar-refractivity contribution in [2.75, 3.05) is 5.32 Å². The summed E-state index contributed by atoms with van der Waals surface area (Å²) in [5.74, 6) is 1.22. The highest BCUT2D eigenvalue weighted by Crippen LogP contribution is 2.27. The number of anilines is 2. The van der Waals surface area contributed by atoms with Gasteiger partial charge in [-0.3, -0.25) is 9.78 Å². The predicted molar refractivity (Wildman–Crippen MR) is 113 cm³/mol. The monoisotopic (exact) mass is 391 g/mol. The van der Waals surface area contributed by atoms with Crippen LogP contribution in [0, 0.1) is 13.8 Å². The Balaban J connectivity index is 1.75. The Morgan fingerprint density at radius 2 is 1.97 bits per heavy atom. The van der Waals surface area contributed by atoms with E-state index in [9.17, 15) is 4.79 Å². The molecule has 0 aliphatic heterocycles. The van der Waals surface area contributed by atoms with Gasteiger partial charge in [0.2, 0.25) is 0 Å². The topological polar surface area (TPSA) is 84.3 Å². The number of nitrogens with one attached hydrogen (secondary N) is 1. The molecule has 0 saturated heterocycles. The number of ether oxygens (including phenoxy) is 1. The molecule has 3 aromatic rings. The van der Waals surface area contributed by atoms with E-state index in [0.717, 1.165) is 34.6 Å². The number of nitrogens with zero attached hydrogens (tertiary/aromatic N) is 2. The molecule has 150 valence electrons. The maximum atomic E-state index is 10.8. The first-order chi connectivity index (χ1) is 13.9. The molecule has 0 bridgehead atoms. The Bertz CT molecular complexity index is 1020. The highest BCUT2D eigenvalue weighted by molar-refractivity contribution is 5.67. The molecule has 0 saturated carbocycles. The number of aliphatic carboxylic acids is 1. The van der Waals surface area contributed by atoms with Crippen LogP contribution in [0.2, 0.25) is 0 Å². The van der Waals surface area contributed by atoms with E-state index in [1.807, 2.05) is 50.2 Å². The number of pyridine rings is 2. The second-order valence-electron chi connectivity index (χ2n) is 6.94. The number of hydrogen-bond donors (Lipinski definition) is 2. The van der Waals surface area contributed by atoms with Crippen molar-refractivity contribution < 1.29 is 14.6 Å². The van der Waals surface area contributed by atoms with E-state index in [1.54, 1.807) is 12.3 Å². The lowest BCUT2D eigenvalue weighted by atomic mass is 10.1. The van der Waals surface area contributed by atoms with Crippen molar-refractivity contribution >= 4 is 17.5 Å². The van der Waals surface area contributed by atoms with Crippen molar-refractivity contribution in [1.82, 2.24) is 9.97 Å². The summed E-state index contributed by atoms with van der Waals surface area (Å²) >= 11 is 0. The van der Waals surface area contributed by atoms with Crippen LogP contribution in [0.3, 0.4) is 0 Å². The van der Waals surface area contributed by atoms with Crippen LogP contribution in [0.25, 0.3) is 0 Å². The number of carbonyl (C=O) groups is 1. The number of carboxylic acid groups (broad SMARTS) is 1. The Morgan fingerprint density at radius 3 is 2.69 bits per heavy atom. The molecule has 0 radical (unpaired) electrons. The third kappa shape index (κ3) is 5.78. The average molecular weight is 391 g/mol. The van der Waals surface area contributed by atoms with Gasteiger partial charge in [0.1, 0.15) is 17.3 Å². The van der Waals surface area contributed by atoms with Crippen LogP contribution in [-0.2, 0) is 17.6 Å². The molecular weight excluding hydrogens is 366 g/mol. The molecular formula is C23H25N3O3. The molecule has 2 aromatic heterocycles. The highest BCUT2D eigenvalue weighted by atomic mass is 16.5. The van der Waals surface area contributed by atoms with Crippen molar-refractivity contribution in [3.63, 3.8) is 0 Å². The summed E-state index contributed by atoms with van der Waals surface area (Å²) in [7, 11) is 0. The van der Waals surface area contributed by atoms with Gasteiger partial charge < -0.3 is 15.2 Å². The molecule has 2 N–H and O–H groups in total. The standard InChI is InChI=1S/C23H25N3O3/c1-4-18-6-7-21(16(3)25-18)29-20-9-10-24-22(14-20)26-19-12-15(2)11-17(13-19)5-8-23(27)28/h6-7,9-14H,4-5,8H2,1-3H3,(H,24,26)(H,27,28). The molecule has 29 heavy (non-hydrogen) atoms. The summed E-state index contributed by atoms with van der Waals surface area (Å²) in [6.45, 7) is 5.99. The first kappa shape index (κ1) is 20.3. The van der Waals surface area contributed by atoms with Gasteiger partial charge in [0.15, 0.2) is 0 Å². The largest absolute Gasteiger partial charge is 0.481 e. The van der Waals surface area contributed by atoms with Gasteiger partial charge in [-0.15, -0.1) is 0 Å². The van der Waals surface area contributed by atoms with Crippen molar-refractivity contribution in [1.29, 1.82) is 0 Å². The third-order valence-electron chi connectivity index (χ3n) is 4.45. The highest BCUT2D eigenvalue weighted by Gasteiger charge is 2.07. The van der Waals surface area contributed by atoms with Gasteiger partial charge >= 0.3 is 5.97 Å². The molecule has 6 nitrogen and oxygen atoms in total. The van der Waals surface area contributed by atoms with Gasteiger partial charge in [0.25, 0.3) is 0 Å². The van der Waals surface area contributed by atoms with Crippen LogP contribution in [0.5, 0.6) is 11.5 Å². The quantitative estimate of drug-likeness (QED) is 0.548. The minimum Gasteiger partial charge on any atom is -0.481 e. The van der Waals surface area contributed by atoms with E-state index < -0.39 is 5.97 Å². The first-order valence-electron chi connectivity index (χ1n) is 9.62. The van der Waals surface area contributed by atoms with Crippen molar-refractivity contribution in [3.8, 4) is 11.5 Å². The van der Waals surface area contributed by atoms with E-state index in [-0.39, 0.29) is 6.42 Å².